The van der Waals surface area contributed by atoms with Crippen molar-refractivity contribution in [2.75, 3.05) is 6.79 Å². The van der Waals surface area contributed by atoms with Gasteiger partial charge in [0.15, 0.2) is 17.3 Å². The highest BCUT2D eigenvalue weighted by Gasteiger charge is 2.18. The number of benzene rings is 2. The van der Waals surface area contributed by atoms with Crippen molar-refractivity contribution < 1.29 is 23.5 Å². The fourth-order valence-electron chi connectivity index (χ4n) is 2.79. The summed E-state index contributed by atoms with van der Waals surface area (Å²) in [6, 6.07) is 17.9. The molecule has 146 valence electrons. The van der Waals surface area contributed by atoms with E-state index in [9.17, 15) is 9.59 Å². The minimum absolute atomic E-state index is 0.0844. The number of furan rings is 1. The first-order valence-corrected chi connectivity index (χ1v) is 8.97. The van der Waals surface area contributed by atoms with Gasteiger partial charge < -0.3 is 24.5 Å². The van der Waals surface area contributed by atoms with Gasteiger partial charge in [0.05, 0.1) is 6.26 Å². The third-order valence-electron chi connectivity index (χ3n) is 4.24. The van der Waals surface area contributed by atoms with Gasteiger partial charge in [0.25, 0.3) is 11.8 Å². The van der Waals surface area contributed by atoms with E-state index >= 15 is 0 Å². The fraction of sp³-hybridized carbons (Fsp3) is 0.0909. The Kier molecular flexibility index (Phi) is 5.29. The highest BCUT2D eigenvalue weighted by atomic mass is 16.7. The minimum Gasteiger partial charge on any atom is -0.459 e. The molecule has 0 unspecified atom stereocenters. The Bertz CT molecular complexity index is 1040. The van der Waals surface area contributed by atoms with Gasteiger partial charge in [-0.25, -0.2) is 0 Å². The van der Waals surface area contributed by atoms with E-state index in [2.05, 4.69) is 10.6 Å². The van der Waals surface area contributed by atoms with Crippen LogP contribution in [-0.4, -0.2) is 18.6 Å². The van der Waals surface area contributed by atoms with Crippen LogP contribution in [0.1, 0.15) is 21.7 Å². The smallest absolute Gasteiger partial charge is 0.291 e. The molecule has 2 N–H and O–H groups in total. The van der Waals surface area contributed by atoms with E-state index in [4.69, 9.17) is 13.9 Å². The van der Waals surface area contributed by atoms with Gasteiger partial charge in [-0.2, -0.15) is 0 Å². The molecule has 0 radical (unpaired) electrons. The molecule has 0 bridgehead atoms. The van der Waals surface area contributed by atoms with E-state index < -0.39 is 11.8 Å². The number of amides is 2. The molecule has 2 amide bonds. The summed E-state index contributed by atoms with van der Waals surface area (Å²) >= 11 is 0. The summed E-state index contributed by atoms with van der Waals surface area (Å²) < 4.78 is 15.8. The first kappa shape index (κ1) is 18.4. The van der Waals surface area contributed by atoms with Crippen molar-refractivity contribution >= 4 is 17.9 Å². The standard InChI is InChI=1S/C22H18N2O5/c25-21(23-13-15-5-2-1-3-6-15)17(24-22(26)19-7-4-10-27-19)11-16-8-9-18-20(12-16)29-14-28-18/h1-12H,13-14H2,(H,23,25)(H,24,26)/b17-11-. The van der Waals surface area contributed by atoms with Crippen LogP contribution < -0.4 is 20.1 Å². The zero-order valence-corrected chi connectivity index (χ0v) is 15.4. The summed E-state index contributed by atoms with van der Waals surface area (Å²) in [5, 5.41) is 5.43. The average molecular weight is 390 g/mol. The van der Waals surface area contributed by atoms with Crippen LogP contribution in [0.15, 0.2) is 77.0 Å². The first-order valence-electron chi connectivity index (χ1n) is 8.97. The van der Waals surface area contributed by atoms with E-state index in [1.807, 2.05) is 30.3 Å². The van der Waals surface area contributed by atoms with Gasteiger partial charge in [-0.1, -0.05) is 36.4 Å². The van der Waals surface area contributed by atoms with Gasteiger partial charge in [0.2, 0.25) is 6.79 Å². The predicted octanol–water partition coefficient (Wildman–Crippen LogP) is 3.10. The van der Waals surface area contributed by atoms with E-state index in [0.717, 1.165) is 5.56 Å². The molecule has 0 atom stereocenters. The first-order chi connectivity index (χ1) is 14.2. The summed E-state index contributed by atoms with van der Waals surface area (Å²) in [5.74, 6) is 0.387. The lowest BCUT2D eigenvalue weighted by molar-refractivity contribution is -0.117. The molecular formula is C22H18N2O5. The van der Waals surface area contributed by atoms with Crippen LogP contribution in [-0.2, 0) is 11.3 Å². The van der Waals surface area contributed by atoms with Crippen molar-refractivity contribution in [3.8, 4) is 11.5 Å². The lowest BCUT2D eigenvalue weighted by atomic mass is 10.1. The Balaban J connectivity index is 1.56. The summed E-state index contributed by atoms with van der Waals surface area (Å²) in [4.78, 5) is 25.2. The highest BCUT2D eigenvalue weighted by Crippen LogP contribution is 2.33. The summed E-state index contributed by atoms with van der Waals surface area (Å²) in [7, 11) is 0. The maximum absolute atomic E-state index is 12.8. The van der Waals surface area contributed by atoms with E-state index in [-0.39, 0.29) is 18.3 Å². The Morgan fingerprint density at radius 1 is 0.966 bits per heavy atom. The molecule has 1 aliphatic heterocycles. The molecular weight excluding hydrogens is 372 g/mol. The number of carbonyl (C=O) groups is 2. The van der Waals surface area contributed by atoms with Gasteiger partial charge in [-0.3, -0.25) is 9.59 Å². The van der Waals surface area contributed by atoms with Crippen molar-refractivity contribution in [2.45, 2.75) is 6.54 Å². The molecule has 0 saturated heterocycles. The Morgan fingerprint density at radius 2 is 1.79 bits per heavy atom. The quantitative estimate of drug-likeness (QED) is 0.632. The SMILES string of the molecule is O=C(NCc1ccccc1)/C(=C/c1ccc2c(c1)OCO2)NC(=O)c1ccco1. The Labute approximate surface area is 166 Å². The molecule has 2 heterocycles. The lowest BCUT2D eigenvalue weighted by Gasteiger charge is -2.11. The van der Waals surface area contributed by atoms with Crippen LogP contribution in [0.25, 0.3) is 6.08 Å². The number of carbonyl (C=O) groups excluding carboxylic acids is 2. The molecule has 1 aromatic heterocycles. The molecule has 0 spiro atoms. The van der Waals surface area contributed by atoms with Crippen molar-refractivity contribution in [3.63, 3.8) is 0 Å². The normalized spacial score (nSPS) is 12.5. The lowest BCUT2D eigenvalue weighted by Crippen LogP contribution is -2.34. The Morgan fingerprint density at radius 3 is 2.59 bits per heavy atom. The number of hydrogen-bond acceptors (Lipinski definition) is 5. The van der Waals surface area contributed by atoms with Gasteiger partial charge in [0.1, 0.15) is 5.70 Å². The Hall–Kier alpha value is -4.00. The highest BCUT2D eigenvalue weighted by molar-refractivity contribution is 6.04. The molecule has 0 fully saturated rings. The minimum atomic E-state index is -0.517. The van der Waals surface area contributed by atoms with Crippen LogP contribution in [0.2, 0.25) is 0 Å². The van der Waals surface area contributed by atoms with Crippen LogP contribution in [0.5, 0.6) is 11.5 Å². The molecule has 0 aliphatic carbocycles. The zero-order valence-electron chi connectivity index (χ0n) is 15.4. The average Bonchev–Trinajstić information content (AvgIpc) is 3.44. The zero-order chi connectivity index (χ0) is 20.1. The van der Waals surface area contributed by atoms with Gasteiger partial charge in [0, 0.05) is 6.54 Å². The summed E-state index contributed by atoms with van der Waals surface area (Å²) in [5.41, 5.74) is 1.71. The number of rotatable bonds is 6. The number of ether oxygens (including phenoxy) is 2. The van der Waals surface area contributed by atoms with Crippen LogP contribution in [0.4, 0.5) is 0 Å². The van der Waals surface area contributed by atoms with Crippen molar-refractivity contribution in [1.29, 1.82) is 0 Å². The van der Waals surface area contributed by atoms with Gasteiger partial charge in [-0.15, -0.1) is 0 Å². The van der Waals surface area contributed by atoms with Gasteiger partial charge in [-0.05, 0) is 41.5 Å². The summed E-state index contributed by atoms with van der Waals surface area (Å²) in [6.45, 7) is 0.483. The fourth-order valence-corrected chi connectivity index (χ4v) is 2.79. The largest absolute Gasteiger partial charge is 0.459 e. The van der Waals surface area contributed by atoms with Crippen LogP contribution >= 0.6 is 0 Å². The molecule has 1 aliphatic rings. The van der Waals surface area contributed by atoms with Crippen molar-refractivity contribution in [1.82, 2.24) is 10.6 Å². The monoisotopic (exact) mass is 390 g/mol. The molecule has 3 aromatic rings. The topological polar surface area (TPSA) is 89.8 Å². The maximum atomic E-state index is 12.8. The molecule has 4 rings (SSSR count). The maximum Gasteiger partial charge on any atom is 0.291 e. The third-order valence-corrected chi connectivity index (χ3v) is 4.24. The van der Waals surface area contributed by atoms with Gasteiger partial charge >= 0.3 is 0 Å². The predicted molar refractivity (Wildman–Crippen MR) is 105 cm³/mol. The second-order valence-electron chi connectivity index (χ2n) is 6.27. The molecule has 7 nitrogen and oxygen atoms in total. The third kappa shape index (κ3) is 4.47. The summed E-state index contributed by atoms with van der Waals surface area (Å²) in [6.07, 6.45) is 2.97. The number of fused-ring (bicyclic) bond motifs is 1. The number of hydrogen-bond donors (Lipinski definition) is 2. The molecule has 7 heteroatoms. The molecule has 2 aromatic carbocycles. The van der Waals surface area contributed by atoms with Crippen molar-refractivity contribution in [2.24, 2.45) is 0 Å². The van der Waals surface area contributed by atoms with Crippen molar-refractivity contribution in [3.05, 3.63) is 89.5 Å². The molecule has 0 saturated carbocycles. The second kappa shape index (κ2) is 8.35. The van der Waals surface area contributed by atoms with E-state index in [0.29, 0.717) is 23.6 Å². The molecule has 29 heavy (non-hydrogen) atoms. The second-order valence-corrected chi connectivity index (χ2v) is 6.27. The van der Waals surface area contributed by atoms with Crippen LogP contribution in [0.3, 0.4) is 0 Å². The van der Waals surface area contributed by atoms with E-state index in [1.54, 1.807) is 30.3 Å². The van der Waals surface area contributed by atoms with E-state index in [1.165, 1.54) is 12.3 Å². The van der Waals surface area contributed by atoms with Crippen LogP contribution in [0, 0.1) is 0 Å². The number of nitrogens with one attached hydrogen (secondary N) is 2.